The zero-order chi connectivity index (χ0) is 17.8. The highest BCUT2D eigenvalue weighted by Gasteiger charge is 2.25. The predicted octanol–water partition coefficient (Wildman–Crippen LogP) is 2.89. The number of nitrogens with two attached hydrogens (primary N) is 1. The zero-order valence-electron chi connectivity index (χ0n) is 13.8. The molecule has 0 aliphatic carbocycles. The van der Waals surface area contributed by atoms with Crippen LogP contribution < -0.4 is 15.4 Å². The first-order valence-electron chi connectivity index (χ1n) is 7.78. The zero-order valence-corrected chi connectivity index (χ0v) is 13.8. The van der Waals surface area contributed by atoms with Crippen molar-refractivity contribution in [1.29, 1.82) is 0 Å². The van der Waals surface area contributed by atoms with Gasteiger partial charge in [-0.05, 0) is 17.7 Å². The van der Waals surface area contributed by atoms with E-state index in [-0.39, 0.29) is 18.0 Å². The number of carbonyl (C=O) groups excluding carboxylic acids is 1. The van der Waals surface area contributed by atoms with Gasteiger partial charge in [-0.3, -0.25) is 9.79 Å². The van der Waals surface area contributed by atoms with Crippen LogP contribution in [0.4, 0.5) is 10.1 Å². The molecule has 1 aliphatic rings. The molecular formula is C19H18FN3O2. The quantitative estimate of drug-likeness (QED) is 0.911. The highest BCUT2D eigenvalue weighted by Crippen LogP contribution is 2.37. The van der Waals surface area contributed by atoms with Crippen LogP contribution in [-0.4, -0.2) is 25.9 Å². The van der Waals surface area contributed by atoms with E-state index in [1.54, 1.807) is 23.4 Å². The Labute approximate surface area is 145 Å². The fraction of sp³-hybridized carbons (Fsp3) is 0.158. The molecule has 2 N–H and O–H groups in total. The Morgan fingerprint density at radius 2 is 2.12 bits per heavy atom. The van der Waals surface area contributed by atoms with Gasteiger partial charge in [-0.15, -0.1) is 0 Å². The van der Waals surface area contributed by atoms with Gasteiger partial charge in [0.25, 0.3) is 5.91 Å². The van der Waals surface area contributed by atoms with Gasteiger partial charge >= 0.3 is 0 Å². The Balaban J connectivity index is 2.20. The summed E-state index contributed by atoms with van der Waals surface area (Å²) in [6, 6.07) is 10.7. The van der Waals surface area contributed by atoms with Crippen LogP contribution in [0.1, 0.15) is 21.5 Å². The van der Waals surface area contributed by atoms with Gasteiger partial charge in [0.15, 0.2) is 0 Å². The lowest BCUT2D eigenvalue weighted by Gasteiger charge is -2.26. The average Bonchev–Trinajstić information content (AvgIpc) is 2.63. The standard InChI is InChI=1S/C19H18FN3O2/c1-25-18-14(10-13-6-3-2-4-7-13)17(23-9-5-8-22-12-23)16(20)11-15(18)19(21)24/h2-9,11H,10,12H2,1H3,(H2,21,24). The fourth-order valence-electron chi connectivity index (χ4n) is 2.90. The maximum atomic E-state index is 14.9. The highest BCUT2D eigenvalue weighted by atomic mass is 19.1. The molecule has 1 aliphatic heterocycles. The first-order chi connectivity index (χ1) is 12.1. The number of ether oxygens (including phenoxy) is 1. The molecule has 1 amide bonds. The number of aliphatic imine (C=N–C) groups is 1. The third kappa shape index (κ3) is 3.38. The Kier molecular flexibility index (Phi) is 4.79. The van der Waals surface area contributed by atoms with E-state index in [1.165, 1.54) is 7.11 Å². The molecule has 128 valence electrons. The second-order valence-electron chi connectivity index (χ2n) is 5.58. The van der Waals surface area contributed by atoms with Crippen LogP contribution in [0.15, 0.2) is 53.7 Å². The van der Waals surface area contributed by atoms with Gasteiger partial charge in [0.05, 0.1) is 18.4 Å². The molecular weight excluding hydrogens is 321 g/mol. The molecule has 6 heteroatoms. The Bertz CT molecular complexity index is 847. The Morgan fingerprint density at radius 3 is 2.72 bits per heavy atom. The number of methoxy groups -OCH3 is 1. The van der Waals surface area contributed by atoms with Gasteiger partial charge < -0.3 is 15.4 Å². The van der Waals surface area contributed by atoms with Gasteiger partial charge in [-0.25, -0.2) is 4.39 Å². The summed E-state index contributed by atoms with van der Waals surface area (Å²) in [5.41, 5.74) is 7.30. The van der Waals surface area contributed by atoms with Crippen LogP contribution in [-0.2, 0) is 6.42 Å². The Morgan fingerprint density at radius 1 is 1.36 bits per heavy atom. The van der Waals surface area contributed by atoms with Crippen molar-refractivity contribution in [2.45, 2.75) is 6.42 Å². The first kappa shape index (κ1) is 16.7. The van der Waals surface area contributed by atoms with Crippen LogP contribution in [0, 0.1) is 5.82 Å². The molecule has 2 aromatic carbocycles. The van der Waals surface area contributed by atoms with Crippen molar-refractivity contribution in [3.8, 4) is 5.75 Å². The minimum atomic E-state index is -0.733. The number of amides is 1. The summed E-state index contributed by atoms with van der Waals surface area (Å²) in [5.74, 6) is -0.984. The molecule has 5 nitrogen and oxygen atoms in total. The number of primary amides is 1. The molecule has 0 atom stereocenters. The average molecular weight is 339 g/mol. The largest absolute Gasteiger partial charge is 0.496 e. The van der Waals surface area contributed by atoms with Crippen molar-refractivity contribution in [2.75, 3.05) is 18.7 Å². The van der Waals surface area contributed by atoms with E-state index in [2.05, 4.69) is 4.99 Å². The van der Waals surface area contributed by atoms with Crippen molar-refractivity contribution in [3.05, 3.63) is 71.2 Å². The van der Waals surface area contributed by atoms with E-state index in [0.29, 0.717) is 17.7 Å². The molecule has 2 aromatic rings. The number of halogens is 1. The van der Waals surface area contributed by atoms with Crippen LogP contribution in [0.2, 0.25) is 0 Å². The summed E-state index contributed by atoms with van der Waals surface area (Å²) < 4.78 is 20.3. The number of anilines is 1. The van der Waals surface area contributed by atoms with E-state index in [4.69, 9.17) is 10.5 Å². The lowest BCUT2D eigenvalue weighted by Crippen LogP contribution is -2.23. The number of carbonyl (C=O) groups is 1. The molecule has 1 heterocycles. The molecule has 0 bridgehead atoms. The smallest absolute Gasteiger partial charge is 0.252 e. The Hall–Kier alpha value is -3.15. The predicted molar refractivity (Wildman–Crippen MR) is 95.7 cm³/mol. The molecule has 0 unspecified atom stereocenters. The molecule has 0 saturated heterocycles. The number of hydrogen-bond donors (Lipinski definition) is 1. The number of allylic oxidation sites excluding steroid dienone is 1. The second-order valence-corrected chi connectivity index (χ2v) is 5.58. The van der Waals surface area contributed by atoms with Crippen molar-refractivity contribution in [3.63, 3.8) is 0 Å². The number of nitrogens with zero attached hydrogens (tertiary/aromatic N) is 2. The monoisotopic (exact) mass is 339 g/mol. The van der Waals surface area contributed by atoms with Gasteiger partial charge in [0, 0.05) is 24.4 Å². The topological polar surface area (TPSA) is 67.9 Å². The SMILES string of the molecule is COc1c(C(N)=O)cc(F)c(N2C=CC=NC2)c1Cc1ccccc1. The number of hydrogen-bond acceptors (Lipinski definition) is 4. The normalized spacial score (nSPS) is 13.1. The lowest BCUT2D eigenvalue weighted by molar-refractivity contribution is 0.0996. The van der Waals surface area contributed by atoms with Crippen LogP contribution in [0.25, 0.3) is 0 Å². The molecule has 3 rings (SSSR count). The van der Waals surface area contributed by atoms with E-state index >= 15 is 0 Å². The molecule has 0 aromatic heterocycles. The van der Waals surface area contributed by atoms with E-state index < -0.39 is 11.7 Å². The van der Waals surface area contributed by atoms with Crippen molar-refractivity contribution < 1.29 is 13.9 Å². The molecule has 0 fully saturated rings. The molecule has 0 saturated carbocycles. The summed E-state index contributed by atoms with van der Waals surface area (Å²) in [7, 11) is 1.45. The first-order valence-corrected chi connectivity index (χ1v) is 7.78. The maximum absolute atomic E-state index is 14.9. The summed E-state index contributed by atoms with van der Waals surface area (Å²) in [4.78, 5) is 17.6. The van der Waals surface area contributed by atoms with Crippen molar-refractivity contribution in [1.82, 2.24) is 0 Å². The van der Waals surface area contributed by atoms with E-state index in [9.17, 15) is 9.18 Å². The number of benzene rings is 2. The minimum absolute atomic E-state index is 0.0270. The van der Waals surface area contributed by atoms with E-state index in [0.717, 1.165) is 11.6 Å². The van der Waals surface area contributed by atoms with Gasteiger partial charge in [-0.1, -0.05) is 30.3 Å². The van der Waals surface area contributed by atoms with Gasteiger partial charge in [0.1, 0.15) is 18.2 Å². The molecule has 0 radical (unpaired) electrons. The van der Waals surface area contributed by atoms with Crippen LogP contribution >= 0.6 is 0 Å². The number of rotatable bonds is 5. The van der Waals surface area contributed by atoms with E-state index in [1.807, 2.05) is 30.3 Å². The minimum Gasteiger partial charge on any atom is -0.496 e. The summed E-state index contributed by atoms with van der Waals surface area (Å²) >= 11 is 0. The van der Waals surface area contributed by atoms with Crippen LogP contribution in [0.3, 0.4) is 0 Å². The second kappa shape index (κ2) is 7.17. The van der Waals surface area contributed by atoms with Crippen molar-refractivity contribution >= 4 is 17.8 Å². The van der Waals surface area contributed by atoms with Crippen LogP contribution in [0.5, 0.6) is 5.75 Å². The highest BCUT2D eigenvalue weighted by molar-refractivity contribution is 5.97. The summed E-state index contributed by atoms with van der Waals surface area (Å²) in [5, 5.41) is 0. The summed E-state index contributed by atoms with van der Waals surface area (Å²) in [6.07, 6.45) is 5.51. The molecule has 25 heavy (non-hydrogen) atoms. The molecule has 0 spiro atoms. The van der Waals surface area contributed by atoms with Gasteiger partial charge in [0.2, 0.25) is 0 Å². The third-order valence-corrected chi connectivity index (χ3v) is 3.97. The van der Waals surface area contributed by atoms with Gasteiger partial charge in [-0.2, -0.15) is 0 Å². The maximum Gasteiger partial charge on any atom is 0.252 e. The third-order valence-electron chi connectivity index (χ3n) is 3.97. The van der Waals surface area contributed by atoms with Crippen molar-refractivity contribution in [2.24, 2.45) is 10.7 Å². The fourth-order valence-corrected chi connectivity index (χ4v) is 2.90. The summed E-state index contributed by atoms with van der Waals surface area (Å²) in [6.45, 7) is 0.286. The lowest BCUT2D eigenvalue weighted by atomic mass is 9.97.